The maximum atomic E-state index is 12.9. The van der Waals surface area contributed by atoms with Gasteiger partial charge in [0, 0.05) is 37.6 Å². The van der Waals surface area contributed by atoms with Crippen LogP contribution in [0.4, 0.5) is 0 Å². The minimum atomic E-state index is -3.34. The topological polar surface area (TPSA) is 43.9 Å². The van der Waals surface area contributed by atoms with Crippen LogP contribution in [0.25, 0.3) is 0 Å². The molecule has 4 rings (SSSR count). The molecule has 6 heteroatoms. The average molecular weight is 364 g/mol. The molecule has 0 bridgehead atoms. The summed E-state index contributed by atoms with van der Waals surface area (Å²) in [4.78, 5) is 5.58. The van der Waals surface area contributed by atoms with Crippen LogP contribution in [-0.4, -0.2) is 73.9 Å². The molecule has 0 unspecified atom stereocenters. The van der Waals surface area contributed by atoms with Gasteiger partial charge in [0.15, 0.2) is 0 Å². The molecule has 0 aromatic heterocycles. The van der Waals surface area contributed by atoms with Crippen molar-refractivity contribution in [2.45, 2.75) is 43.2 Å². The van der Waals surface area contributed by atoms with Gasteiger partial charge in [0.1, 0.15) is 0 Å². The van der Waals surface area contributed by atoms with Crippen LogP contribution in [0, 0.1) is 5.92 Å². The summed E-state index contributed by atoms with van der Waals surface area (Å²) in [7, 11) is -3.34. The van der Waals surface area contributed by atoms with Crippen molar-refractivity contribution in [1.82, 2.24) is 14.1 Å². The lowest BCUT2D eigenvalue weighted by molar-refractivity contribution is -0.0168. The van der Waals surface area contributed by atoms with Crippen LogP contribution in [-0.2, 0) is 10.0 Å². The first-order chi connectivity index (χ1) is 12.1. The number of hydrogen-bond donors (Lipinski definition) is 0. The van der Waals surface area contributed by atoms with E-state index in [2.05, 4.69) is 16.7 Å². The number of piperidine rings is 1. The molecule has 3 heterocycles. The van der Waals surface area contributed by atoms with Crippen LogP contribution in [0.2, 0.25) is 0 Å². The van der Waals surface area contributed by atoms with Crippen molar-refractivity contribution in [2.75, 3.05) is 39.3 Å². The SMILES string of the molecule is CCCN1CCC(N2C[C@@H]3CN(S(=O)(=O)c4ccccc4)C[C@@H]32)CC1. The van der Waals surface area contributed by atoms with Crippen LogP contribution in [0.5, 0.6) is 0 Å². The van der Waals surface area contributed by atoms with Gasteiger partial charge in [0.05, 0.1) is 4.90 Å². The van der Waals surface area contributed by atoms with Gasteiger partial charge in [-0.1, -0.05) is 25.1 Å². The van der Waals surface area contributed by atoms with E-state index in [4.69, 9.17) is 0 Å². The molecule has 25 heavy (non-hydrogen) atoms. The lowest BCUT2D eigenvalue weighted by Gasteiger charge is -2.50. The van der Waals surface area contributed by atoms with Crippen LogP contribution >= 0.6 is 0 Å². The number of sulfonamides is 1. The Labute approximate surface area is 151 Å². The first kappa shape index (κ1) is 17.5. The van der Waals surface area contributed by atoms with Crippen LogP contribution in [0.3, 0.4) is 0 Å². The highest BCUT2D eigenvalue weighted by Crippen LogP contribution is 2.38. The standard InChI is InChI=1S/C19H29N3O2S/c1-2-10-20-11-8-17(9-12-20)22-14-16-13-21(15-19(16)22)25(23,24)18-6-4-3-5-7-18/h3-7,16-17,19H,2,8-15H2,1H3/t16-,19-/m0/s1. The first-order valence-electron chi connectivity index (χ1n) is 9.63. The lowest BCUT2D eigenvalue weighted by atomic mass is 9.87. The number of nitrogens with zero attached hydrogens (tertiary/aromatic N) is 3. The Morgan fingerprint density at radius 2 is 1.76 bits per heavy atom. The van der Waals surface area contributed by atoms with Gasteiger partial charge in [-0.05, 0) is 51.0 Å². The summed E-state index contributed by atoms with van der Waals surface area (Å²) in [5.74, 6) is 0.521. The third-order valence-electron chi connectivity index (χ3n) is 6.19. The molecule has 0 saturated carbocycles. The smallest absolute Gasteiger partial charge is 0.243 e. The van der Waals surface area contributed by atoms with E-state index in [1.807, 2.05) is 6.07 Å². The number of fused-ring (bicyclic) bond motifs is 1. The molecule has 1 aromatic carbocycles. The molecule has 3 aliphatic heterocycles. The molecule has 0 radical (unpaired) electrons. The van der Waals surface area contributed by atoms with Crippen molar-refractivity contribution >= 4 is 10.0 Å². The van der Waals surface area contributed by atoms with Gasteiger partial charge in [-0.3, -0.25) is 4.90 Å². The second kappa shape index (κ2) is 6.99. The van der Waals surface area contributed by atoms with Crippen molar-refractivity contribution in [1.29, 1.82) is 0 Å². The Morgan fingerprint density at radius 3 is 2.44 bits per heavy atom. The summed E-state index contributed by atoms with van der Waals surface area (Å²) in [5.41, 5.74) is 0. The second-order valence-electron chi connectivity index (χ2n) is 7.73. The highest BCUT2D eigenvalue weighted by Gasteiger charge is 2.51. The van der Waals surface area contributed by atoms with Crippen molar-refractivity contribution in [3.8, 4) is 0 Å². The van der Waals surface area contributed by atoms with Crippen molar-refractivity contribution in [3.63, 3.8) is 0 Å². The van der Waals surface area contributed by atoms with Crippen LogP contribution in [0.1, 0.15) is 26.2 Å². The minimum Gasteiger partial charge on any atom is -0.303 e. The number of likely N-dealkylation sites (tertiary alicyclic amines) is 2. The summed E-state index contributed by atoms with van der Waals surface area (Å²) < 4.78 is 27.4. The third kappa shape index (κ3) is 3.25. The maximum Gasteiger partial charge on any atom is 0.243 e. The molecular formula is C19H29N3O2S. The van der Waals surface area contributed by atoms with E-state index >= 15 is 0 Å². The molecule has 2 atom stereocenters. The molecule has 0 amide bonds. The Kier molecular flexibility index (Phi) is 4.88. The fraction of sp³-hybridized carbons (Fsp3) is 0.684. The van der Waals surface area contributed by atoms with Crippen LogP contribution < -0.4 is 0 Å². The van der Waals surface area contributed by atoms with Crippen LogP contribution in [0.15, 0.2) is 35.2 Å². The molecule has 0 aliphatic carbocycles. The first-order valence-corrected chi connectivity index (χ1v) is 11.1. The largest absolute Gasteiger partial charge is 0.303 e. The average Bonchev–Trinajstić information content (AvgIpc) is 2.95. The summed E-state index contributed by atoms with van der Waals surface area (Å²) >= 11 is 0. The predicted molar refractivity (Wildman–Crippen MR) is 98.9 cm³/mol. The Morgan fingerprint density at radius 1 is 1.04 bits per heavy atom. The molecular weight excluding hydrogens is 334 g/mol. The van der Waals surface area contributed by atoms with Gasteiger partial charge in [-0.2, -0.15) is 4.31 Å². The van der Waals surface area contributed by atoms with Crippen molar-refractivity contribution in [3.05, 3.63) is 30.3 Å². The Bertz CT molecular complexity index is 686. The molecule has 3 fully saturated rings. The van der Waals surface area contributed by atoms with E-state index in [0.717, 1.165) is 6.54 Å². The lowest BCUT2D eigenvalue weighted by Crippen LogP contribution is -2.61. The maximum absolute atomic E-state index is 12.9. The van der Waals surface area contributed by atoms with E-state index in [1.165, 1.54) is 38.9 Å². The fourth-order valence-electron chi connectivity index (χ4n) is 4.79. The minimum absolute atomic E-state index is 0.427. The zero-order chi connectivity index (χ0) is 17.4. The van der Waals surface area contributed by atoms with E-state index < -0.39 is 10.0 Å². The summed E-state index contributed by atoms with van der Waals surface area (Å²) in [6.45, 7) is 8.26. The molecule has 5 nitrogen and oxygen atoms in total. The fourth-order valence-corrected chi connectivity index (χ4v) is 6.32. The van der Waals surface area contributed by atoms with Gasteiger partial charge in [0.2, 0.25) is 10.0 Å². The molecule has 3 aliphatic rings. The predicted octanol–water partition coefficient (Wildman–Crippen LogP) is 1.87. The molecule has 3 saturated heterocycles. The van der Waals surface area contributed by atoms with Gasteiger partial charge in [-0.25, -0.2) is 8.42 Å². The quantitative estimate of drug-likeness (QED) is 0.801. The van der Waals surface area contributed by atoms with Crippen molar-refractivity contribution < 1.29 is 8.42 Å². The summed E-state index contributed by atoms with van der Waals surface area (Å²) in [6, 6.07) is 9.95. The molecule has 138 valence electrons. The monoisotopic (exact) mass is 363 g/mol. The highest BCUT2D eigenvalue weighted by molar-refractivity contribution is 7.89. The number of benzene rings is 1. The van der Waals surface area contributed by atoms with Gasteiger partial charge < -0.3 is 4.90 Å². The van der Waals surface area contributed by atoms with Crippen molar-refractivity contribution in [2.24, 2.45) is 5.92 Å². The Hall–Kier alpha value is -0.950. The zero-order valence-electron chi connectivity index (χ0n) is 15.0. The normalized spacial score (nSPS) is 29.5. The summed E-state index contributed by atoms with van der Waals surface area (Å²) in [6.07, 6.45) is 3.69. The van der Waals surface area contributed by atoms with E-state index in [1.54, 1.807) is 28.6 Å². The summed E-state index contributed by atoms with van der Waals surface area (Å²) in [5, 5.41) is 0. The molecule has 1 aromatic rings. The zero-order valence-corrected chi connectivity index (χ0v) is 15.9. The van der Waals surface area contributed by atoms with E-state index in [-0.39, 0.29) is 0 Å². The third-order valence-corrected chi connectivity index (χ3v) is 8.04. The second-order valence-corrected chi connectivity index (χ2v) is 9.67. The van der Waals surface area contributed by atoms with E-state index in [0.29, 0.717) is 36.0 Å². The van der Waals surface area contributed by atoms with Gasteiger partial charge in [-0.15, -0.1) is 0 Å². The highest BCUT2D eigenvalue weighted by atomic mass is 32.2. The van der Waals surface area contributed by atoms with E-state index in [9.17, 15) is 8.42 Å². The Balaban J connectivity index is 1.37. The molecule has 0 N–H and O–H groups in total. The number of hydrogen-bond acceptors (Lipinski definition) is 4. The number of rotatable bonds is 5. The van der Waals surface area contributed by atoms with Gasteiger partial charge in [0.25, 0.3) is 0 Å². The van der Waals surface area contributed by atoms with Gasteiger partial charge >= 0.3 is 0 Å². The molecule has 0 spiro atoms.